The third kappa shape index (κ3) is 6.10. The molecule has 0 unspecified atom stereocenters. The maximum Gasteiger partial charge on any atom is 0.0587 e. The molecule has 5 heteroatoms. The second kappa shape index (κ2) is 8.56. The molecule has 0 atom stereocenters. The fourth-order valence-electron chi connectivity index (χ4n) is 1.38. The number of rotatable bonds is 7. The Bertz CT molecular complexity index is 276. The summed E-state index contributed by atoms with van der Waals surface area (Å²) >= 11 is 0. The van der Waals surface area contributed by atoms with Crippen molar-refractivity contribution >= 4 is 12.4 Å². The third-order valence-electron chi connectivity index (χ3n) is 2.05. The van der Waals surface area contributed by atoms with Crippen molar-refractivity contribution in [3.63, 3.8) is 0 Å². The number of nitrogens with zero attached hydrogens (tertiary/aromatic N) is 2. The smallest absolute Gasteiger partial charge is 0.0587 e. The van der Waals surface area contributed by atoms with E-state index in [4.69, 9.17) is 4.74 Å². The van der Waals surface area contributed by atoms with Crippen molar-refractivity contribution in [2.45, 2.75) is 26.9 Å². The first kappa shape index (κ1) is 15.4. The van der Waals surface area contributed by atoms with Crippen LogP contribution in [0.3, 0.4) is 0 Å². The van der Waals surface area contributed by atoms with E-state index in [0.717, 1.165) is 26.2 Å². The largest absolute Gasteiger partial charge is 0.383 e. The molecule has 0 radical (unpaired) electrons. The van der Waals surface area contributed by atoms with Gasteiger partial charge in [-0.1, -0.05) is 13.8 Å². The molecule has 1 aromatic rings. The lowest BCUT2D eigenvalue weighted by Gasteiger charge is -2.03. The van der Waals surface area contributed by atoms with Crippen molar-refractivity contribution in [2.24, 2.45) is 5.92 Å². The summed E-state index contributed by atoms with van der Waals surface area (Å²) in [5.41, 5.74) is 1.23. The van der Waals surface area contributed by atoms with E-state index in [9.17, 15) is 0 Å². The standard InChI is InChI=1S/C11H21N3O.ClH/c1-10(2)8-14-9-11(7-13-14)6-12-4-5-15-3;/h7,9-10,12H,4-6,8H2,1-3H3;1H. The maximum atomic E-state index is 4.95. The van der Waals surface area contributed by atoms with E-state index in [2.05, 4.69) is 30.5 Å². The molecule has 94 valence electrons. The van der Waals surface area contributed by atoms with Gasteiger partial charge in [-0.05, 0) is 5.92 Å². The summed E-state index contributed by atoms with van der Waals surface area (Å²) in [5.74, 6) is 0.638. The highest BCUT2D eigenvalue weighted by Crippen LogP contribution is 2.01. The number of methoxy groups -OCH3 is 1. The average molecular weight is 248 g/mol. The van der Waals surface area contributed by atoms with Crippen LogP contribution >= 0.6 is 12.4 Å². The first-order valence-electron chi connectivity index (χ1n) is 5.43. The third-order valence-corrected chi connectivity index (χ3v) is 2.05. The molecule has 0 aliphatic rings. The van der Waals surface area contributed by atoms with E-state index >= 15 is 0 Å². The minimum absolute atomic E-state index is 0. The molecule has 0 bridgehead atoms. The van der Waals surface area contributed by atoms with Gasteiger partial charge in [0.1, 0.15) is 0 Å². The van der Waals surface area contributed by atoms with Crippen molar-refractivity contribution in [1.29, 1.82) is 0 Å². The zero-order valence-electron chi connectivity index (χ0n) is 10.3. The monoisotopic (exact) mass is 247 g/mol. The fraction of sp³-hybridized carbons (Fsp3) is 0.727. The normalized spacial score (nSPS) is 10.5. The van der Waals surface area contributed by atoms with E-state index in [1.807, 2.05) is 10.9 Å². The van der Waals surface area contributed by atoms with E-state index < -0.39 is 0 Å². The van der Waals surface area contributed by atoms with Crippen LogP contribution in [0.1, 0.15) is 19.4 Å². The number of hydrogen-bond donors (Lipinski definition) is 1. The van der Waals surface area contributed by atoms with Crippen LogP contribution in [0.25, 0.3) is 0 Å². The van der Waals surface area contributed by atoms with Crippen molar-refractivity contribution in [1.82, 2.24) is 15.1 Å². The lowest BCUT2D eigenvalue weighted by atomic mass is 10.2. The Hall–Kier alpha value is -0.580. The lowest BCUT2D eigenvalue weighted by molar-refractivity contribution is 0.199. The minimum atomic E-state index is 0. The molecule has 1 N–H and O–H groups in total. The van der Waals surface area contributed by atoms with Gasteiger partial charge in [0.15, 0.2) is 0 Å². The summed E-state index contributed by atoms with van der Waals surface area (Å²) in [5, 5.41) is 7.59. The van der Waals surface area contributed by atoms with Crippen molar-refractivity contribution in [3.8, 4) is 0 Å². The van der Waals surface area contributed by atoms with Gasteiger partial charge in [-0.25, -0.2) is 0 Å². The van der Waals surface area contributed by atoms with Gasteiger partial charge in [0, 0.05) is 38.5 Å². The fourth-order valence-corrected chi connectivity index (χ4v) is 1.38. The van der Waals surface area contributed by atoms with Gasteiger partial charge in [-0.2, -0.15) is 5.10 Å². The van der Waals surface area contributed by atoms with Gasteiger partial charge in [0.2, 0.25) is 0 Å². The summed E-state index contributed by atoms with van der Waals surface area (Å²) in [6.45, 7) is 7.86. The molecule has 0 aliphatic heterocycles. The molecule has 16 heavy (non-hydrogen) atoms. The Labute approximate surface area is 104 Å². The van der Waals surface area contributed by atoms with E-state index in [-0.39, 0.29) is 12.4 Å². The van der Waals surface area contributed by atoms with Gasteiger partial charge < -0.3 is 10.1 Å². The molecule has 1 aromatic heterocycles. The molecule has 0 spiro atoms. The summed E-state index contributed by atoms with van der Waals surface area (Å²) in [7, 11) is 1.71. The quantitative estimate of drug-likeness (QED) is 0.746. The Kier molecular flexibility index (Phi) is 8.25. The van der Waals surface area contributed by atoms with E-state index in [1.54, 1.807) is 7.11 Å². The van der Waals surface area contributed by atoms with Crippen LogP contribution in [0.5, 0.6) is 0 Å². The molecule has 0 amide bonds. The van der Waals surface area contributed by atoms with Gasteiger partial charge >= 0.3 is 0 Å². The number of aromatic nitrogens is 2. The summed E-state index contributed by atoms with van der Waals surface area (Å²) < 4.78 is 6.95. The predicted octanol–water partition coefficient (Wildman–Crippen LogP) is 1.70. The molecule has 0 aromatic carbocycles. The van der Waals surface area contributed by atoms with Crippen LogP contribution in [-0.2, 0) is 17.8 Å². The zero-order chi connectivity index (χ0) is 11.1. The van der Waals surface area contributed by atoms with Crippen LogP contribution in [0.4, 0.5) is 0 Å². The molecular formula is C11H22ClN3O. The lowest BCUT2D eigenvalue weighted by Crippen LogP contribution is -2.18. The molecule has 1 heterocycles. The highest BCUT2D eigenvalue weighted by Gasteiger charge is 2.00. The second-order valence-corrected chi connectivity index (χ2v) is 4.13. The molecule has 0 saturated heterocycles. The molecule has 0 fully saturated rings. The van der Waals surface area contributed by atoms with Crippen molar-refractivity contribution < 1.29 is 4.74 Å². The summed E-state index contributed by atoms with van der Waals surface area (Å²) in [6.07, 6.45) is 4.02. The van der Waals surface area contributed by atoms with Crippen LogP contribution in [-0.4, -0.2) is 30.0 Å². The first-order chi connectivity index (χ1) is 7.22. The number of ether oxygens (including phenoxy) is 1. The van der Waals surface area contributed by atoms with Gasteiger partial charge in [-0.15, -0.1) is 12.4 Å². The van der Waals surface area contributed by atoms with Crippen molar-refractivity contribution in [3.05, 3.63) is 18.0 Å². The predicted molar refractivity (Wildman–Crippen MR) is 67.9 cm³/mol. The molecule has 1 rings (SSSR count). The van der Waals surface area contributed by atoms with Gasteiger partial charge in [0.05, 0.1) is 12.8 Å². The number of hydrogen-bond acceptors (Lipinski definition) is 3. The second-order valence-electron chi connectivity index (χ2n) is 4.13. The highest BCUT2D eigenvalue weighted by molar-refractivity contribution is 5.85. The average Bonchev–Trinajstić information content (AvgIpc) is 2.59. The summed E-state index contributed by atoms with van der Waals surface area (Å²) in [6, 6.07) is 0. The summed E-state index contributed by atoms with van der Waals surface area (Å²) in [4.78, 5) is 0. The van der Waals surface area contributed by atoms with Crippen LogP contribution in [0.2, 0.25) is 0 Å². The van der Waals surface area contributed by atoms with Crippen LogP contribution in [0.15, 0.2) is 12.4 Å². The van der Waals surface area contributed by atoms with Crippen LogP contribution < -0.4 is 5.32 Å². The van der Waals surface area contributed by atoms with Gasteiger partial charge in [0.25, 0.3) is 0 Å². The SMILES string of the molecule is COCCNCc1cnn(CC(C)C)c1.Cl. The topological polar surface area (TPSA) is 39.1 Å². The van der Waals surface area contributed by atoms with Crippen molar-refractivity contribution in [2.75, 3.05) is 20.3 Å². The number of halogens is 1. The van der Waals surface area contributed by atoms with E-state index in [1.165, 1.54) is 5.56 Å². The Balaban J connectivity index is 0.00000225. The first-order valence-corrected chi connectivity index (χ1v) is 5.43. The Morgan fingerprint density at radius 1 is 1.50 bits per heavy atom. The molecule has 0 aliphatic carbocycles. The zero-order valence-corrected chi connectivity index (χ0v) is 11.1. The Morgan fingerprint density at radius 3 is 2.88 bits per heavy atom. The Morgan fingerprint density at radius 2 is 2.25 bits per heavy atom. The molecule has 0 saturated carbocycles. The molecule has 4 nitrogen and oxygen atoms in total. The maximum absolute atomic E-state index is 4.95. The van der Waals surface area contributed by atoms with Crippen LogP contribution in [0, 0.1) is 5.92 Å². The minimum Gasteiger partial charge on any atom is -0.383 e. The highest BCUT2D eigenvalue weighted by atomic mass is 35.5. The van der Waals surface area contributed by atoms with Gasteiger partial charge in [-0.3, -0.25) is 4.68 Å². The number of nitrogens with one attached hydrogen (secondary N) is 1. The van der Waals surface area contributed by atoms with E-state index in [0.29, 0.717) is 5.92 Å². The molecular weight excluding hydrogens is 226 g/mol.